The number of nitrogens with zero attached hydrogens (tertiary/aromatic N) is 2. The SMILES string of the molecule is CCCCOCCCNC(=O)c1c(C)nc2ccccn12. The zero-order valence-corrected chi connectivity index (χ0v) is 12.8. The quantitative estimate of drug-likeness (QED) is 0.760. The van der Waals surface area contributed by atoms with Gasteiger partial charge in [0.2, 0.25) is 0 Å². The van der Waals surface area contributed by atoms with Gasteiger partial charge < -0.3 is 10.1 Å². The summed E-state index contributed by atoms with van der Waals surface area (Å²) in [6.45, 7) is 6.10. The van der Waals surface area contributed by atoms with Crippen molar-refractivity contribution in [2.24, 2.45) is 0 Å². The number of amides is 1. The van der Waals surface area contributed by atoms with Gasteiger partial charge in [-0.05, 0) is 31.9 Å². The van der Waals surface area contributed by atoms with Crippen LogP contribution in [-0.2, 0) is 4.74 Å². The molecule has 21 heavy (non-hydrogen) atoms. The number of carbonyl (C=O) groups excluding carboxylic acids is 1. The Hall–Kier alpha value is -1.88. The third kappa shape index (κ3) is 4.04. The molecule has 0 aliphatic rings. The lowest BCUT2D eigenvalue weighted by molar-refractivity contribution is 0.0934. The van der Waals surface area contributed by atoms with E-state index in [4.69, 9.17) is 4.74 Å². The monoisotopic (exact) mass is 289 g/mol. The topological polar surface area (TPSA) is 55.6 Å². The molecular weight excluding hydrogens is 266 g/mol. The molecular formula is C16H23N3O2. The number of nitrogens with one attached hydrogen (secondary N) is 1. The highest BCUT2D eigenvalue weighted by Gasteiger charge is 2.15. The molecule has 2 aromatic rings. The maximum Gasteiger partial charge on any atom is 0.270 e. The second kappa shape index (κ2) is 7.78. The average molecular weight is 289 g/mol. The van der Waals surface area contributed by atoms with Crippen molar-refractivity contribution in [3.63, 3.8) is 0 Å². The molecule has 0 saturated heterocycles. The largest absolute Gasteiger partial charge is 0.381 e. The second-order valence-electron chi connectivity index (χ2n) is 5.05. The molecule has 0 aromatic carbocycles. The number of aryl methyl sites for hydroxylation is 1. The Bertz CT molecular complexity index is 592. The lowest BCUT2D eigenvalue weighted by Gasteiger charge is -2.06. The maximum absolute atomic E-state index is 12.3. The molecule has 0 fully saturated rings. The molecule has 5 nitrogen and oxygen atoms in total. The summed E-state index contributed by atoms with van der Waals surface area (Å²) in [5.41, 5.74) is 2.15. The normalized spacial score (nSPS) is 11.0. The van der Waals surface area contributed by atoms with Crippen LogP contribution in [0.5, 0.6) is 0 Å². The van der Waals surface area contributed by atoms with Gasteiger partial charge in [-0.15, -0.1) is 0 Å². The van der Waals surface area contributed by atoms with Gasteiger partial charge >= 0.3 is 0 Å². The van der Waals surface area contributed by atoms with Crippen molar-refractivity contribution < 1.29 is 9.53 Å². The Morgan fingerprint density at radius 3 is 2.95 bits per heavy atom. The van der Waals surface area contributed by atoms with Crippen LogP contribution >= 0.6 is 0 Å². The number of aromatic nitrogens is 2. The summed E-state index contributed by atoms with van der Waals surface area (Å²) in [7, 11) is 0. The summed E-state index contributed by atoms with van der Waals surface area (Å²) in [5, 5.41) is 2.93. The van der Waals surface area contributed by atoms with Gasteiger partial charge in [-0.3, -0.25) is 9.20 Å². The number of imidazole rings is 1. The molecule has 0 aliphatic carbocycles. The van der Waals surface area contributed by atoms with E-state index < -0.39 is 0 Å². The number of pyridine rings is 1. The van der Waals surface area contributed by atoms with Crippen LogP contribution < -0.4 is 5.32 Å². The van der Waals surface area contributed by atoms with E-state index >= 15 is 0 Å². The summed E-state index contributed by atoms with van der Waals surface area (Å²) >= 11 is 0. The van der Waals surface area contributed by atoms with Crippen molar-refractivity contribution in [2.75, 3.05) is 19.8 Å². The van der Waals surface area contributed by atoms with Crippen LogP contribution in [0, 0.1) is 6.92 Å². The molecule has 1 amide bonds. The molecule has 5 heteroatoms. The van der Waals surface area contributed by atoms with Crippen LogP contribution in [0.2, 0.25) is 0 Å². The molecule has 2 rings (SSSR count). The molecule has 2 aromatic heterocycles. The lowest BCUT2D eigenvalue weighted by Crippen LogP contribution is -2.27. The molecule has 1 N–H and O–H groups in total. The smallest absolute Gasteiger partial charge is 0.270 e. The van der Waals surface area contributed by atoms with Crippen LogP contribution in [-0.4, -0.2) is 35.1 Å². The van der Waals surface area contributed by atoms with Crippen LogP contribution in [0.25, 0.3) is 5.65 Å². The van der Waals surface area contributed by atoms with Crippen molar-refractivity contribution in [3.8, 4) is 0 Å². The third-order valence-corrected chi connectivity index (χ3v) is 3.31. The molecule has 0 bridgehead atoms. The van der Waals surface area contributed by atoms with E-state index in [-0.39, 0.29) is 5.91 Å². The molecule has 0 unspecified atom stereocenters. The zero-order chi connectivity index (χ0) is 15.1. The molecule has 0 radical (unpaired) electrons. The van der Waals surface area contributed by atoms with Gasteiger partial charge in [-0.25, -0.2) is 4.98 Å². The van der Waals surface area contributed by atoms with E-state index in [0.717, 1.165) is 37.2 Å². The summed E-state index contributed by atoms with van der Waals surface area (Å²) in [5.74, 6) is -0.0836. The third-order valence-electron chi connectivity index (χ3n) is 3.31. The van der Waals surface area contributed by atoms with Gasteiger partial charge in [0.05, 0.1) is 5.69 Å². The minimum Gasteiger partial charge on any atom is -0.381 e. The zero-order valence-electron chi connectivity index (χ0n) is 12.8. The first-order valence-corrected chi connectivity index (χ1v) is 7.53. The molecule has 0 spiro atoms. The average Bonchev–Trinajstić information content (AvgIpc) is 2.82. The van der Waals surface area contributed by atoms with E-state index in [0.29, 0.717) is 18.8 Å². The highest BCUT2D eigenvalue weighted by atomic mass is 16.5. The molecule has 0 saturated carbocycles. The molecule has 2 heterocycles. The summed E-state index contributed by atoms with van der Waals surface area (Å²) in [6, 6.07) is 5.70. The van der Waals surface area contributed by atoms with E-state index in [1.165, 1.54) is 0 Å². The molecule has 0 atom stereocenters. The standard InChI is InChI=1S/C16H23N3O2/c1-3-4-11-21-12-7-9-17-16(20)15-13(2)18-14-8-5-6-10-19(14)15/h5-6,8,10H,3-4,7,9,11-12H2,1-2H3,(H,17,20). The Balaban J connectivity index is 1.84. The van der Waals surface area contributed by atoms with E-state index in [2.05, 4.69) is 17.2 Å². The number of rotatable bonds is 8. The number of hydrogen-bond donors (Lipinski definition) is 1. The van der Waals surface area contributed by atoms with Crippen LogP contribution in [0.1, 0.15) is 42.4 Å². The number of fused-ring (bicyclic) bond motifs is 1. The van der Waals surface area contributed by atoms with Gasteiger partial charge in [0, 0.05) is 26.0 Å². The Morgan fingerprint density at radius 1 is 1.33 bits per heavy atom. The van der Waals surface area contributed by atoms with Gasteiger partial charge in [0.1, 0.15) is 11.3 Å². The van der Waals surface area contributed by atoms with E-state index in [9.17, 15) is 4.79 Å². The first kappa shape index (κ1) is 15.5. The van der Waals surface area contributed by atoms with Gasteiger partial charge in [0.25, 0.3) is 5.91 Å². The number of ether oxygens (including phenoxy) is 1. The van der Waals surface area contributed by atoms with E-state index in [1.807, 2.05) is 35.7 Å². The highest BCUT2D eigenvalue weighted by molar-refractivity contribution is 5.94. The van der Waals surface area contributed by atoms with Crippen LogP contribution in [0.3, 0.4) is 0 Å². The fourth-order valence-electron chi connectivity index (χ4n) is 2.20. The second-order valence-corrected chi connectivity index (χ2v) is 5.05. The predicted molar refractivity (Wildman–Crippen MR) is 82.6 cm³/mol. The van der Waals surface area contributed by atoms with Gasteiger partial charge in [-0.1, -0.05) is 19.4 Å². The fraction of sp³-hybridized carbons (Fsp3) is 0.500. The summed E-state index contributed by atoms with van der Waals surface area (Å²) in [4.78, 5) is 16.7. The highest BCUT2D eigenvalue weighted by Crippen LogP contribution is 2.11. The van der Waals surface area contributed by atoms with Gasteiger partial charge in [0.15, 0.2) is 0 Å². The Labute approximate surface area is 125 Å². The Kier molecular flexibility index (Phi) is 5.75. The minimum atomic E-state index is -0.0836. The first-order chi connectivity index (χ1) is 10.2. The maximum atomic E-state index is 12.3. The number of carbonyl (C=O) groups is 1. The lowest BCUT2D eigenvalue weighted by atomic mass is 10.3. The van der Waals surface area contributed by atoms with Crippen molar-refractivity contribution in [1.82, 2.24) is 14.7 Å². The fourth-order valence-corrected chi connectivity index (χ4v) is 2.20. The Morgan fingerprint density at radius 2 is 2.14 bits per heavy atom. The van der Waals surface area contributed by atoms with Crippen LogP contribution in [0.4, 0.5) is 0 Å². The summed E-state index contributed by atoms with van der Waals surface area (Å²) in [6.07, 6.45) is 4.92. The molecule has 0 aliphatic heterocycles. The van der Waals surface area contributed by atoms with Crippen molar-refractivity contribution in [2.45, 2.75) is 33.1 Å². The number of unbranched alkanes of at least 4 members (excludes halogenated alkanes) is 1. The van der Waals surface area contributed by atoms with Crippen molar-refractivity contribution in [1.29, 1.82) is 0 Å². The minimum absolute atomic E-state index is 0.0836. The predicted octanol–water partition coefficient (Wildman–Crippen LogP) is 2.58. The summed E-state index contributed by atoms with van der Waals surface area (Å²) < 4.78 is 7.29. The number of hydrogen-bond acceptors (Lipinski definition) is 3. The van der Waals surface area contributed by atoms with Gasteiger partial charge in [-0.2, -0.15) is 0 Å². The van der Waals surface area contributed by atoms with Crippen molar-refractivity contribution >= 4 is 11.6 Å². The van der Waals surface area contributed by atoms with Crippen LogP contribution in [0.15, 0.2) is 24.4 Å². The molecule has 114 valence electrons. The van der Waals surface area contributed by atoms with Crippen molar-refractivity contribution in [3.05, 3.63) is 35.8 Å². The first-order valence-electron chi connectivity index (χ1n) is 7.53. The van der Waals surface area contributed by atoms with E-state index in [1.54, 1.807) is 0 Å².